The number of aliphatic hydroxyl groups is 1. The summed E-state index contributed by atoms with van der Waals surface area (Å²) in [7, 11) is 0. The van der Waals surface area contributed by atoms with Gasteiger partial charge in [-0.05, 0) is 30.5 Å². The summed E-state index contributed by atoms with van der Waals surface area (Å²) in [4.78, 5) is 11.4. The lowest BCUT2D eigenvalue weighted by Gasteiger charge is -2.27. The minimum absolute atomic E-state index is 0.0131. The van der Waals surface area contributed by atoms with Gasteiger partial charge in [0.1, 0.15) is 0 Å². The smallest absolute Gasteiger partial charge is 0.228 e. The monoisotopic (exact) mass is 275 g/mol. The molecule has 0 saturated heterocycles. The number of nitrogens with one attached hydrogen (secondary N) is 2. The zero-order valence-electron chi connectivity index (χ0n) is 11.5. The molecular formula is C15H21N3O2. The molecule has 0 spiro atoms. The van der Waals surface area contributed by atoms with Crippen molar-refractivity contribution in [3.05, 3.63) is 17.7 Å². The average molecular weight is 275 g/mol. The molecule has 3 rings (SSSR count). The van der Waals surface area contributed by atoms with Gasteiger partial charge in [-0.2, -0.15) is 0 Å². The van der Waals surface area contributed by atoms with Crippen LogP contribution in [0, 0.1) is 5.41 Å². The molecule has 1 aliphatic heterocycles. The molecule has 0 bridgehead atoms. The summed E-state index contributed by atoms with van der Waals surface area (Å²) >= 11 is 0. The second kappa shape index (κ2) is 4.98. The molecule has 1 saturated carbocycles. The number of anilines is 3. The van der Waals surface area contributed by atoms with Crippen molar-refractivity contribution in [2.24, 2.45) is 5.41 Å². The molecule has 5 N–H and O–H groups in total. The Kier molecular flexibility index (Phi) is 3.30. The number of rotatable bonds is 4. The molecule has 20 heavy (non-hydrogen) atoms. The fourth-order valence-corrected chi connectivity index (χ4v) is 3.25. The van der Waals surface area contributed by atoms with E-state index in [0.717, 1.165) is 36.3 Å². The number of aliphatic hydroxyl groups excluding tert-OH is 1. The van der Waals surface area contributed by atoms with E-state index in [1.165, 1.54) is 12.8 Å². The second-order valence-corrected chi connectivity index (χ2v) is 6.04. The fraction of sp³-hybridized carbons (Fsp3) is 0.533. The van der Waals surface area contributed by atoms with Crippen molar-refractivity contribution >= 4 is 23.0 Å². The van der Waals surface area contributed by atoms with Crippen LogP contribution < -0.4 is 16.4 Å². The molecule has 1 amide bonds. The van der Waals surface area contributed by atoms with Gasteiger partial charge in [0.25, 0.3) is 0 Å². The van der Waals surface area contributed by atoms with Crippen LogP contribution in [-0.2, 0) is 11.2 Å². The fourth-order valence-electron chi connectivity index (χ4n) is 3.25. The predicted molar refractivity (Wildman–Crippen MR) is 79.7 cm³/mol. The summed E-state index contributed by atoms with van der Waals surface area (Å²) in [5.41, 5.74) is 9.32. The van der Waals surface area contributed by atoms with Gasteiger partial charge in [-0.1, -0.05) is 12.8 Å². The lowest BCUT2D eigenvalue weighted by Crippen LogP contribution is -2.30. The van der Waals surface area contributed by atoms with E-state index < -0.39 is 0 Å². The van der Waals surface area contributed by atoms with Gasteiger partial charge in [0.05, 0.1) is 24.4 Å². The summed E-state index contributed by atoms with van der Waals surface area (Å²) in [6.07, 6.45) is 4.87. The van der Waals surface area contributed by atoms with E-state index in [1.807, 2.05) is 12.1 Å². The Morgan fingerprint density at radius 3 is 2.80 bits per heavy atom. The summed E-state index contributed by atoms with van der Waals surface area (Å²) in [5.74, 6) is 0.0131. The largest absolute Gasteiger partial charge is 0.397 e. The zero-order valence-corrected chi connectivity index (χ0v) is 11.5. The Labute approximate surface area is 118 Å². The lowest BCUT2D eigenvalue weighted by atomic mass is 9.87. The highest BCUT2D eigenvalue weighted by atomic mass is 16.3. The standard InChI is InChI=1S/C15H21N3O2/c16-11-5-10-6-14(20)18-12(10)7-13(11)17-8-15(9-19)3-1-2-4-15/h5,7,17,19H,1-4,6,8-9,16H2,(H,18,20). The van der Waals surface area contributed by atoms with Crippen molar-refractivity contribution in [3.8, 4) is 0 Å². The van der Waals surface area contributed by atoms with Gasteiger partial charge < -0.3 is 21.5 Å². The number of hydrogen-bond donors (Lipinski definition) is 4. The third-order valence-electron chi connectivity index (χ3n) is 4.55. The topological polar surface area (TPSA) is 87.4 Å². The van der Waals surface area contributed by atoms with Gasteiger partial charge in [-0.25, -0.2) is 0 Å². The molecule has 1 aromatic rings. The number of nitrogens with two attached hydrogens (primary N) is 1. The maximum Gasteiger partial charge on any atom is 0.228 e. The molecule has 5 heteroatoms. The zero-order chi connectivity index (χ0) is 14.2. The Bertz CT molecular complexity index is 536. The maximum absolute atomic E-state index is 11.4. The number of carbonyl (C=O) groups excluding carboxylic acids is 1. The highest BCUT2D eigenvalue weighted by molar-refractivity contribution is 6.00. The summed E-state index contributed by atoms with van der Waals surface area (Å²) in [6, 6.07) is 3.76. The minimum atomic E-state index is -0.0191. The molecule has 1 fully saturated rings. The van der Waals surface area contributed by atoms with Crippen molar-refractivity contribution in [2.45, 2.75) is 32.1 Å². The normalized spacial score (nSPS) is 19.8. The third kappa shape index (κ3) is 2.33. The first-order valence-corrected chi connectivity index (χ1v) is 7.19. The van der Waals surface area contributed by atoms with Crippen LogP contribution in [0.15, 0.2) is 12.1 Å². The average Bonchev–Trinajstić information content (AvgIpc) is 3.02. The van der Waals surface area contributed by atoms with Gasteiger partial charge in [-0.3, -0.25) is 4.79 Å². The first kappa shape index (κ1) is 13.2. The van der Waals surface area contributed by atoms with E-state index >= 15 is 0 Å². The number of hydrogen-bond acceptors (Lipinski definition) is 4. The highest BCUT2D eigenvalue weighted by Crippen LogP contribution is 2.39. The van der Waals surface area contributed by atoms with Crippen LogP contribution in [0.1, 0.15) is 31.2 Å². The summed E-state index contributed by atoms with van der Waals surface area (Å²) in [6.45, 7) is 0.933. The van der Waals surface area contributed by atoms with Crippen LogP contribution in [0.5, 0.6) is 0 Å². The van der Waals surface area contributed by atoms with Crippen LogP contribution in [-0.4, -0.2) is 24.2 Å². The van der Waals surface area contributed by atoms with Gasteiger partial charge in [0, 0.05) is 17.6 Å². The van der Waals surface area contributed by atoms with Gasteiger partial charge in [0.2, 0.25) is 5.91 Å². The van der Waals surface area contributed by atoms with E-state index in [-0.39, 0.29) is 17.9 Å². The van der Waals surface area contributed by atoms with E-state index in [4.69, 9.17) is 5.73 Å². The Morgan fingerprint density at radius 2 is 2.10 bits per heavy atom. The second-order valence-electron chi connectivity index (χ2n) is 6.04. The molecule has 108 valence electrons. The number of fused-ring (bicyclic) bond motifs is 1. The first-order chi connectivity index (χ1) is 9.62. The Balaban J connectivity index is 1.75. The Morgan fingerprint density at radius 1 is 1.35 bits per heavy atom. The SMILES string of the molecule is Nc1cc2c(cc1NCC1(CO)CCCC1)NC(=O)C2. The number of nitrogen functional groups attached to an aromatic ring is 1. The predicted octanol–water partition coefficient (Wildman–Crippen LogP) is 1.73. The molecule has 0 aromatic heterocycles. The van der Waals surface area contributed by atoms with Gasteiger partial charge >= 0.3 is 0 Å². The van der Waals surface area contributed by atoms with Crippen molar-refractivity contribution in [2.75, 3.05) is 29.5 Å². The first-order valence-electron chi connectivity index (χ1n) is 7.19. The molecule has 1 aromatic carbocycles. The number of amides is 1. The quantitative estimate of drug-likeness (QED) is 0.630. The van der Waals surface area contributed by atoms with E-state index in [1.54, 1.807) is 0 Å². The van der Waals surface area contributed by atoms with Crippen LogP contribution in [0.25, 0.3) is 0 Å². The van der Waals surface area contributed by atoms with Gasteiger partial charge in [-0.15, -0.1) is 0 Å². The molecule has 1 heterocycles. The summed E-state index contributed by atoms with van der Waals surface area (Å²) in [5, 5.41) is 15.8. The van der Waals surface area contributed by atoms with Crippen LogP contribution in [0.4, 0.5) is 17.1 Å². The number of benzene rings is 1. The highest BCUT2D eigenvalue weighted by Gasteiger charge is 2.33. The summed E-state index contributed by atoms with van der Waals surface area (Å²) < 4.78 is 0. The molecule has 0 radical (unpaired) electrons. The third-order valence-corrected chi connectivity index (χ3v) is 4.55. The van der Waals surface area contributed by atoms with Crippen LogP contribution >= 0.6 is 0 Å². The van der Waals surface area contributed by atoms with Gasteiger partial charge in [0.15, 0.2) is 0 Å². The van der Waals surface area contributed by atoms with E-state index in [2.05, 4.69) is 10.6 Å². The van der Waals surface area contributed by atoms with E-state index in [0.29, 0.717) is 12.1 Å². The van der Waals surface area contributed by atoms with Crippen LogP contribution in [0.2, 0.25) is 0 Å². The molecule has 5 nitrogen and oxygen atoms in total. The molecule has 0 unspecified atom stereocenters. The molecular weight excluding hydrogens is 254 g/mol. The Hall–Kier alpha value is -1.75. The van der Waals surface area contributed by atoms with Crippen molar-refractivity contribution < 1.29 is 9.90 Å². The lowest BCUT2D eigenvalue weighted by molar-refractivity contribution is -0.115. The van der Waals surface area contributed by atoms with Crippen LogP contribution in [0.3, 0.4) is 0 Å². The van der Waals surface area contributed by atoms with Crippen molar-refractivity contribution in [1.29, 1.82) is 0 Å². The van der Waals surface area contributed by atoms with E-state index in [9.17, 15) is 9.90 Å². The minimum Gasteiger partial charge on any atom is -0.397 e. The van der Waals surface area contributed by atoms with Crippen molar-refractivity contribution in [1.82, 2.24) is 0 Å². The molecule has 0 atom stereocenters. The number of carbonyl (C=O) groups is 1. The molecule has 1 aliphatic carbocycles. The maximum atomic E-state index is 11.4. The molecule has 2 aliphatic rings. The van der Waals surface area contributed by atoms with Crippen molar-refractivity contribution in [3.63, 3.8) is 0 Å².